The summed E-state index contributed by atoms with van der Waals surface area (Å²) in [5.74, 6) is -0.420. The van der Waals surface area contributed by atoms with Crippen molar-refractivity contribution >= 4 is 17.0 Å². The van der Waals surface area contributed by atoms with Gasteiger partial charge in [-0.15, -0.1) is 0 Å². The molecule has 0 spiro atoms. The van der Waals surface area contributed by atoms with Crippen molar-refractivity contribution in [1.29, 1.82) is 0 Å². The van der Waals surface area contributed by atoms with Gasteiger partial charge in [0.1, 0.15) is 17.2 Å². The van der Waals surface area contributed by atoms with Crippen LogP contribution in [-0.2, 0) is 17.3 Å². The predicted octanol–water partition coefficient (Wildman–Crippen LogP) is 5.58. The summed E-state index contributed by atoms with van der Waals surface area (Å²) in [6.45, 7) is 6.47. The number of rotatable bonds is 4. The Morgan fingerprint density at radius 3 is 2.08 bits per heavy atom. The highest BCUT2D eigenvalue weighted by atomic mass is 19.4. The molecular weight excluding hydrogens is 477 g/mol. The Kier molecular flexibility index (Phi) is 7.33. The summed E-state index contributed by atoms with van der Waals surface area (Å²) < 4.78 is 44.7. The topological polar surface area (TPSA) is 102 Å². The summed E-state index contributed by atoms with van der Waals surface area (Å²) in [6, 6.07) is 14.0. The summed E-state index contributed by atoms with van der Waals surface area (Å²) in [7, 11) is 5.28. The summed E-state index contributed by atoms with van der Waals surface area (Å²) in [6.07, 6.45) is -5.08. The molecule has 0 aliphatic carbocycles. The van der Waals surface area contributed by atoms with Crippen molar-refractivity contribution in [3.63, 3.8) is 0 Å². The number of carbonyl (C=O) groups is 1. The van der Waals surface area contributed by atoms with Crippen molar-refractivity contribution < 1.29 is 32.5 Å². The van der Waals surface area contributed by atoms with E-state index in [-0.39, 0.29) is 5.41 Å². The number of nitrogens with zero attached hydrogens (tertiary/aromatic N) is 3. The van der Waals surface area contributed by atoms with Crippen LogP contribution in [0.4, 0.5) is 13.2 Å². The summed E-state index contributed by atoms with van der Waals surface area (Å²) in [5, 5.41) is 11.8. The molecule has 2 aromatic heterocycles. The Bertz CT molecular complexity index is 1360. The standard InChI is InChI=1S/C23H26N4O2.C2HF3O2/c1-23(2,3)20-13-17(27(4)26-20)22-24-15-11-10-14(12-16(15)25-22)21-18(28-5)8-7-9-19(21)29-6;3-2(4,5)1(6)7/h7-13H,1-6H3,(H,24,25);(H,6,7). The summed E-state index contributed by atoms with van der Waals surface area (Å²) in [5.41, 5.74) is 5.75. The van der Waals surface area contributed by atoms with Gasteiger partial charge in [-0.25, -0.2) is 9.78 Å². The zero-order valence-electron chi connectivity index (χ0n) is 20.7. The van der Waals surface area contributed by atoms with E-state index >= 15 is 0 Å². The first-order chi connectivity index (χ1) is 16.8. The molecule has 0 amide bonds. The second kappa shape index (κ2) is 9.92. The Morgan fingerprint density at radius 1 is 1.03 bits per heavy atom. The monoisotopic (exact) mass is 504 g/mol. The molecule has 2 N–H and O–H groups in total. The molecule has 4 rings (SSSR count). The van der Waals surface area contributed by atoms with Crippen LogP contribution in [0.2, 0.25) is 0 Å². The maximum atomic E-state index is 10.6. The first kappa shape index (κ1) is 26.6. The van der Waals surface area contributed by atoms with Gasteiger partial charge in [-0.3, -0.25) is 4.68 Å². The van der Waals surface area contributed by atoms with Crippen LogP contribution < -0.4 is 9.47 Å². The number of imidazole rings is 1. The van der Waals surface area contributed by atoms with Crippen molar-refractivity contribution in [1.82, 2.24) is 19.7 Å². The molecule has 0 bridgehead atoms. The third kappa shape index (κ3) is 5.61. The maximum Gasteiger partial charge on any atom is 0.490 e. The van der Waals surface area contributed by atoms with Gasteiger partial charge < -0.3 is 19.6 Å². The van der Waals surface area contributed by atoms with Gasteiger partial charge in [0.2, 0.25) is 0 Å². The number of H-pyrrole nitrogens is 1. The number of hydrogen-bond acceptors (Lipinski definition) is 5. The second-order valence-corrected chi connectivity index (χ2v) is 8.95. The number of aromatic amines is 1. The van der Waals surface area contributed by atoms with E-state index in [1.807, 2.05) is 42.1 Å². The summed E-state index contributed by atoms with van der Waals surface area (Å²) in [4.78, 5) is 17.1. The highest BCUT2D eigenvalue weighted by Crippen LogP contribution is 2.39. The van der Waals surface area contributed by atoms with Crippen LogP contribution in [0.1, 0.15) is 26.5 Å². The number of aliphatic carboxylic acids is 1. The smallest absolute Gasteiger partial charge is 0.490 e. The molecule has 192 valence electrons. The Balaban J connectivity index is 0.000000454. The van der Waals surface area contributed by atoms with E-state index in [9.17, 15) is 13.2 Å². The molecular formula is C25H27F3N4O4. The van der Waals surface area contributed by atoms with Crippen LogP contribution >= 0.6 is 0 Å². The van der Waals surface area contributed by atoms with Gasteiger partial charge in [0.05, 0.1) is 36.5 Å². The van der Waals surface area contributed by atoms with E-state index in [1.54, 1.807) is 14.2 Å². The minimum Gasteiger partial charge on any atom is -0.496 e. The van der Waals surface area contributed by atoms with Gasteiger partial charge in [-0.2, -0.15) is 18.3 Å². The van der Waals surface area contributed by atoms with Crippen molar-refractivity contribution in [2.75, 3.05) is 14.2 Å². The van der Waals surface area contributed by atoms with Crippen LogP contribution in [-0.4, -0.2) is 51.2 Å². The quantitative estimate of drug-likeness (QED) is 0.376. The average Bonchev–Trinajstić information content (AvgIpc) is 3.40. The van der Waals surface area contributed by atoms with Crippen molar-refractivity contribution in [2.45, 2.75) is 32.4 Å². The van der Waals surface area contributed by atoms with Crippen LogP contribution in [0.25, 0.3) is 33.7 Å². The van der Waals surface area contributed by atoms with E-state index in [2.05, 4.69) is 43.0 Å². The number of aromatic nitrogens is 4. The van der Waals surface area contributed by atoms with Gasteiger partial charge in [0.25, 0.3) is 0 Å². The Labute approximate surface area is 205 Å². The molecule has 0 fully saturated rings. The molecule has 0 aliphatic heterocycles. The summed E-state index contributed by atoms with van der Waals surface area (Å²) >= 11 is 0. The number of alkyl halides is 3. The first-order valence-electron chi connectivity index (χ1n) is 10.8. The van der Waals surface area contributed by atoms with Crippen LogP contribution in [0.5, 0.6) is 11.5 Å². The van der Waals surface area contributed by atoms with Crippen LogP contribution in [0.3, 0.4) is 0 Å². The van der Waals surface area contributed by atoms with E-state index in [0.29, 0.717) is 0 Å². The predicted molar refractivity (Wildman–Crippen MR) is 129 cm³/mol. The molecule has 2 heterocycles. The Hall–Kier alpha value is -4.02. The highest BCUT2D eigenvalue weighted by molar-refractivity contribution is 5.87. The fraction of sp³-hybridized carbons (Fsp3) is 0.320. The first-order valence-corrected chi connectivity index (χ1v) is 10.8. The molecule has 11 heteroatoms. The number of halogens is 3. The van der Waals surface area contributed by atoms with E-state index < -0.39 is 12.1 Å². The second-order valence-electron chi connectivity index (χ2n) is 8.95. The molecule has 0 radical (unpaired) electrons. The SMILES string of the molecule is COc1cccc(OC)c1-c1ccc2nc(-c3cc(C(C)(C)C)nn3C)[nH]c2c1.O=C(O)C(F)(F)F. The van der Waals surface area contributed by atoms with E-state index in [0.717, 1.165) is 50.9 Å². The van der Waals surface area contributed by atoms with Gasteiger partial charge in [0.15, 0.2) is 5.82 Å². The van der Waals surface area contributed by atoms with Gasteiger partial charge >= 0.3 is 12.1 Å². The third-order valence-corrected chi connectivity index (χ3v) is 5.33. The fourth-order valence-corrected chi connectivity index (χ4v) is 3.48. The number of fused-ring (bicyclic) bond motifs is 1. The molecule has 0 aliphatic rings. The lowest BCUT2D eigenvalue weighted by Gasteiger charge is -2.13. The minimum atomic E-state index is -5.08. The third-order valence-electron chi connectivity index (χ3n) is 5.33. The molecule has 4 aromatic rings. The lowest BCUT2D eigenvalue weighted by molar-refractivity contribution is -0.192. The number of methoxy groups -OCH3 is 2. The molecule has 8 nitrogen and oxygen atoms in total. The molecule has 0 saturated carbocycles. The molecule has 2 aromatic carbocycles. The van der Waals surface area contributed by atoms with Crippen LogP contribution in [0.15, 0.2) is 42.5 Å². The number of benzene rings is 2. The normalized spacial score (nSPS) is 11.7. The van der Waals surface area contributed by atoms with Crippen molar-refractivity contribution in [3.8, 4) is 34.1 Å². The number of hydrogen-bond donors (Lipinski definition) is 2. The fourth-order valence-electron chi connectivity index (χ4n) is 3.48. The van der Waals surface area contributed by atoms with Gasteiger partial charge in [-0.05, 0) is 35.9 Å². The van der Waals surface area contributed by atoms with Crippen LogP contribution in [0, 0.1) is 0 Å². The molecule has 36 heavy (non-hydrogen) atoms. The van der Waals surface area contributed by atoms with Crippen molar-refractivity contribution in [3.05, 3.63) is 48.2 Å². The van der Waals surface area contributed by atoms with Gasteiger partial charge in [0, 0.05) is 12.5 Å². The molecule has 0 saturated heterocycles. The Morgan fingerprint density at radius 2 is 1.61 bits per heavy atom. The zero-order valence-corrected chi connectivity index (χ0v) is 20.7. The number of aryl methyl sites for hydroxylation is 1. The molecule has 0 atom stereocenters. The zero-order chi connectivity index (χ0) is 26.8. The van der Waals surface area contributed by atoms with E-state index in [4.69, 9.17) is 24.4 Å². The molecule has 0 unspecified atom stereocenters. The average molecular weight is 505 g/mol. The number of carboxylic acids is 1. The lowest BCUT2D eigenvalue weighted by Crippen LogP contribution is -2.21. The number of carboxylic acid groups (broad SMARTS) is 1. The highest BCUT2D eigenvalue weighted by Gasteiger charge is 2.38. The van der Waals surface area contributed by atoms with Crippen molar-refractivity contribution in [2.24, 2.45) is 7.05 Å². The number of nitrogens with one attached hydrogen (secondary N) is 1. The largest absolute Gasteiger partial charge is 0.496 e. The lowest BCUT2D eigenvalue weighted by atomic mass is 9.92. The maximum absolute atomic E-state index is 10.6. The van der Waals surface area contributed by atoms with E-state index in [1.165, 1.54) is 0 Å². The van der Waals surface area contributed by atoms with Gasteiger partial charge in [-0.1, -0.05) is 32.9 Å². The number of ether oxygens (including phenoxy) is 2. The minimum absolute atomic E-state index is 0.0182.